The zero-order chi connectivity index (χ0) is 19.2. The molecule has 0 saturated carbocycles. The molecule has 0 aromatic heterocycles. The molecular weight excluding hydrogens is 316 g/mol. The van der Waals surface area contributed by atoms with Crippen molar-refractivity contribution >= 4 is 18.0 Å². The van der Waals surface area contributed by atoms with Crippen LogP contribution in [0.15, 0.2) is 4.99 Å². The van der Waals surface area contributed by atoms with Gasteiger partial charge in [0.05, 0.1) is 0 Å². The molecule has 1 atom stereocenters. The highest BCUT2D eigenvalue weighted by atomic mass is 16.6. The highest BCUT2D eigenvalue weighted by Gasteiger charge is 2.39. The number of guanidine groups is 1. The van der Waals surface area contributed by atoms with Crippen LogP contribution in [0.1, 0.15) is 54.9 Å². The summed E-state index contributed by atoms with van der Waals surface area (Å²) in [5.41, 5.74) is 4.22. The number of aliphatic imine (C=N–C) groups is 1. The number of alkyl carbamates (subject to hydrolysis) is 1. The van der Waals surface area contributed by atoms with Gasteiger partial charge < -0.3 is 20.5 Å². The van der Waals surface area contributed by atoms with Crippen LogP contribution in [0, 0.1) is 0 Å². The van der Waals surface area contributed by atoms with E-state index in [0.717, 1.165) is 0 Å². The maximum Gasteiger partial charge on any atom is 0.408 e. The molecule has 0 rings (SSSR count). The topological polar surface area (TPSA) is 135 Å². The zero-order valence-corrected chi connectivity index (χ0v) is 15.5. The minimum absolute atomic E-state index is 0.0743. The number of carbonyl (C=O) groups excluding carboxylic acids is 2. The van der Waals surface area contributed by atoms with Gasteiger partial charge in [0.1, 0.15) is 16.7 Å². The van der Waals surface area contributed by atoms with Crippen molar-refractivity contribution in [2.24, 2.45) is 10.7 Å². The number of esters is 1. The van der Waals surface area contributed by atoms with Crippen LogP contribution >= 0.6 is 0 Å². The summed E-state index contributed by atoms with van der Waals surface area (Å²) in [6.45, 7) is 11.9. The van der Waals surface area contributed by atoms with Crippen molar-refractivity contribution < 1.29 is 24.3 Å². The maximum atomic E-state index is 12.5. The molecule has 140 valence electrons. The van der Waals surface area contributed by atoms with Crippen LogP contribution in [0.3, 0.4) is 0 Å². The second kappa shape index (κ2) is 8.18. The highest BCUT2D eigenvalue weighted by Crippen LogP contribution is 2.19. The lowest BCUT2D eigenvalue weighted by Gasteiger charge is -2.32. The Kier molecular flexibility index (Phi) is 7.49. The van der Waals surface area contributed by atoms with E-state index in [1.807, 2.05) is 0 Å². The van der Waals surface area contributed by atoms with Crippen LogP contribution in [0.2, 0.25) is 0 Å². The van der Waals surface area contributed by atoms with Crippen molar-refractivity contribution in [3.8, 4) is 0 Å². The third-order valence-corrected chi connectivity index (χ3v) is 2.63. The number of nitrogens with one attached hydrogen (secondary N) is 2. The molecule has 0 aromatic carbocycles. The van der Waals surface area contributed by atoms with Gasteiger partial charge in [-0.05, 0) is 48.5 Å². The fraction of sp³-hybridized carbons (Fsp3) is 0.800. The van der Waals surface area contributed by atoms with Gasteiger partial charge in [-0.25, -0.2) is 15.1 Å². The maximum absolute atomic E-state index is 12.5. The Balaban J connectivity index is 5.19. The Morgan fingerprint density at radius 2 is 1.54 bits per heavy atom. The second-order valence-electron chi connectivity index (χ2n) is 7.59. The Morgan fingerprint density at radius 1 is 1.04 bits per heavy atom. The number of amides is 1. The molecule has 9 nitrogen and oxygen atoms in total. The Labute approximate surface area is 142 Å². The van der Waals surface area contributed by atoms with Gasteiger partial charge in [-0.2, -0.15) is 0 Å². The summed E-state index contributed by atoms with van der Waals surface area (Å²) in [4.78, 5) is 28.4. The predicted molar refractivity (Wildman–Crippen MR) is 89.6 cm³/mol. The fourth-order valence-electron chi connectivity index (χ4n) is 1.57. The van der Waals surface area contributed by atoms with Crippen molar-refractivity contribution in [1.29, 1.82) is 0 Å². The van der Waals surface area contributed by atoms with E-state index in [9.17, 15) is 9.59 Å². The average molecular weight is 346 g/mol. The van der Waals surface area contributed by atoms with Crippen LogP contribution in [-0.4, -0.2) is 46.5 Å². The first kappa shape index (κ1) is 22.0. The third kappa shape index (κ3) is 9.19. The van der Waals surface area contributed by atoms with Crippen LogP contribution in [0.25, 0.3) is 0 Å². The molecule has 0 radical (unpaired) electrons. The Morgan fingerprint density at radius 3 is 1.96 bits per heavy atom. The largest absolute Gasteiger partial charge is 0.458 e. The van der Waals surface area contributed by atoms with E-state index in [1.54, 1.807) is 47.0 Å². The minimum Gasteiger partial charge on any atom is -0.458 e. The summed E-state index contributed by atoms with van der Waals surface area (Å²) < 4.78 is 10.6. The lowest BCUT2D eigenvalue weighted by atomic mass is 9.97. The molecule has 0 aliphatic rings. The van der Waals surface area contributed by atoms with E-state index in [0.29, 0.717) is 0 Å². The summed E-state index contributed by atoms with van der Waals surface area (Å²) in [7, 11) is 0. The van der Waals surface area contributed by atoms with Gasteiger partial charge in [-0.1, -0.05) is 0 Å². The Bertz CT molecular complexity index is 479. The van der Waals surface area contributed by atoms with E-state index in [1.165, 1.54) is 6.92 Å². The van der Waals surface area contributed by atoms with Crippen LogP contribution in [0.5, 0.6) is 0 Å². The summed E-state index contributed by atoms with van der Waals surface area (Å²) in [6.07, 6.45) is -0.642. The third-order valence-electron chi connectivity index (χ3n) is 2.63. The molecule has 1 unspecified atom stereocenters. The summed E-state index contributed by atoms with van der Waals surface area (Å²) >= 11 is 0. The number of ether oxygens (including phenoxy) is 2. The van der Waals surface area contributed by atoms with Gasteiger partial charge in [-0.3, -0.25) is 10.2 Å². The van der Waals surface area contributed by atoms with Crippen LogP contribution in [0.4, 0.5) is 4.79 Å². The second-order valence-corrected chi connectivity index (χ2v) is 7.59. The van der Waals surface area contributed by atoms with E-state index in [-0.39, 0.29) is 18.9 Å². The molecule has 0 bridgehead atoms. The molecule has 0 heterocycles. The lowest BCUT2D eigenvalue weighted by Crippen LogP contribution is -2.55. The van der Waals surface area contributed by atoms with E-state index < -0.39 is 28.8 Å². The van der Waals surface area contributed by atoms with E-state index in [2.05, 4.69) is 10.3 Å². The number of nitrogens with two attached hydrogens (primary N) is 1. The molecule has 24 heavy (non-hydrogen) atoms. The quantitative estimate of drug-likeness (QED) is 0.255. The molecular formula is C15H30N4O5. The first-order chi connectivity index (χ1) is 10.7. The monoisotopic (exact) mass is 346 g/mol. The molecule has 0 spiro atoms. The minimum atomic E-state index is -1.37. The number of nitrogens with zero attached hydrogens (tertiary/aromatic N) is 1. The van der Waals surface area contributed by atoms with Crippen molar-refractivity contribution in [1.82, 2.24) is 10.8 Å². The number of carbonyl (C=O) groups is 2. The van der Waals surface area contributed by atoms with E-state index in [4.69, 9.17) is 20.4 Å². The first-order valence-electron chi connectivity index (χ1n) is 7.63. The van der Waals surface area contributed by atoms with E-state index >= 15 is 0 Å². The number of hydrogen-bond donors (Lipinski definition) is 4. The molecule has 5 N–H and O–H groups in total. The van der Waals surface area contributed by atoms with Gasteiger partial charge in [0.25, 0.3) is 0 Å². The standard InChI is InChI=1S/C15H30N4O5/c1-13(2,3)23-10(20)15(7,8-9-17-11(16)19-22)18-12(21)24-14(4,5)6/h22H,8-9H2,1-7H3,(H,18,21)(H3,16,17,19). The molecule has 0 aliphatic carbocycles. The molecule has 0 fully saturated rings. The Hall–Kier alpha value is -2.03. The SMILES string of the molecule is CC(C)(C)OC(=O)NC(C)(CCN=C(N)NO)C(=O)OC(C)(C)C. The van der Waals surface area contributed by atoms with Crippen LogP contribution < -0.4 is 16.5 Å². The number of rotatable bonds is 5. The highest BCUT2D eigenvalue weighted by molar-refractivity contribution is 5.85. The smallest absolute Gasteiger partial charge is 0.408 e. The van der Waals surface area contributed by atoms with Gasteiger partial charge in [0.2, 0.25) is 5.96 Å². The molecule has 1 amide bonds. The molecule has 0 saturated heterocycles. The van der Waals surface area contributed by atoms with Gasteiger partial charge in [0.15, 0.2) is 0 Å². The van der Waals surface area contributed by atoms with Gasteiger partial charge >= 0.3 is 12.1 Å². The normalized spacial score (nSPS) is 15.2. The fourth-order valence-corrected chi connectivity index (χ4v) is 1.57. The predicted octanol–water partition coefficient (Wildman–Crippen LogP) is 1.30. The summed E-state index contributed by atoms with van der Waals surface area (Å²) in [6, 6.07) is 0. The molecule has 9 heteroatoms. The average Bonchev–Trinajstić information content (AvgIpc) is 2.33. The summed E-state index contributed by atoms with van der Waals surface area (Å²) in [5.74, 6) is -0.814. The first-order valence-corrected chi connectivity index (χ1v) is 7.63. The summed E-state index contributed by atoms with van der Waals surface area (Å²) in [5, 5.41) is 11.1. The zero-order valence-electron chi connectivity index (χ0n) is 15.5. The number of hydroxylamine groups is 1. The van der Waals surface area contributed by atoms with Crippen molar-refractivity contribution in [3.63, 3.8) is 0 Å². The molecule has 0 aromatic rings. The molecule has 0 aliphatic heterocycles. The van der Waals surface area contributed by atoms with Crippen molar-refractivity contribution in [3.05, 3.63) is 0 Å². The number of hydrogen-bond acceptors (Lipinski definition) is 6. The van der Waals surface area contributed by atoms with Gasteiger partial charge in [-0.15, -0.1) is 0 Å². The van der Waals surface area contributed by atoms with Crippen LogP contribution in [-0.2, 0) is 14.3 Å². The van der Waals surface area contributed by atoms with Gasteiger partial charge in [0, 0.05) is 13.0 Å². The lowest BCUT2D eigenvalue weighted by molar-refractivity contribution is -0.162. The van der Waals surface area contributed by atoms with Crippen molar-refractivity contribution in [2.45, 2.75) is 71.6 Å². The van der Waals surface area contributed by atoms with Crippen molar-refractivity contribution in [2.75, 3.05) is 6.54 Å².